The number of amidine groups is 1. The van der Waals surface area contributed by atoms with Gasteiger partial charge in [-0.3, -0.25) is 0 Å². The number of rotatable bonds is 3. The third kappa shape index (κ3) is 3.13. The summed E-state index contributed by atoms with van der Waals surface area (Å²) in [4.78, 5) is 6.28. The van der Waals surface area contributed by atoms with Crippen LogP contribution in [0, 0.1) is 6.92 Å². The number of nitrogens with zero attached hydrogens (tertiary/aromatic N) is 2. The molecule has 1 rings (SSSR count). The molecule has 0 aliphatic heterocycles. The van der Waals surface area contributed by atoms with Crippen molar-refractivity contribution in [2.24, 2.45) is 10.7 Å². The lowest BCUT2D eigenvalue weighted by atomic mass is 10.2. The summed E-state index contributed by atoms with van der Waals surface area (Å²) < 4.78 is 0. The predicted octanol–water partition coefficient (Wildman–Crippen LogP) is 2.29. The predicted molar refractivity (Wildman–Crippen MR) is 67.5 cm³/mol. The Balaban J connectivity index is 3.11. The van der Waals surface area contributed by atoms with Gasteiger partial charge in [0.2, 0.25) is 0 Å². The van der Waals surface area contributed by atoms with Crippen molar-refractivity contribution in [3.8, 4) is 0 Å². The maximum Gasteiger partial charge on any atom is 0.115 e. The van der Waals surface area contributed by atoms with E-state index in [1.807, 2.05) is 44.1 Å². The van der Waals surface area contributed by atoms with E-state index in [0.29, 0.717) is 5.84 Å². The quantitative estimate of drug-likeness (QED) is 0.487. The zero-order valence-electron chi connectivity index (χ0n) is 9.29. The van der Waals surface area contributed by atoms with E-state index in [1.165, 1.54) is 0 Å². The van der Waals surface area contributed by atoms with Crippen LogP contribution in [0.2, 0.25) is 0 Å². The summed E-state index contributed by atoms with van der Waals surface area (Å²) in [5, 5.41) is 0. The highest BCUT2D eigenvalue weighted by molar-refractivity contribution is 6.28. The maximum atomic E-state index is 5.60. The Hall–Kier alpha value is -1.22. The fourth-order valence-corrected chi connectivity index (χ4v) is 1.24. The smallest absolute Gasteiger partial charge is 0.115 e. The Kier molecular flexibility index (Phi) is 3.97. The van der Waals surface area contributed by atoms with Crippen LogP contribution < -0.4 is 10.6 Å². The first kappa shape index (κ1) is 11.9. The lowest BCUT2D eigenvalue weighted by Crippen LogP contribution is -2.12. The van der Waals surface area contributed by atoms with Gasteiger partial charge in [-0.15, -0.1) is 11.6 Å². The molecular weight excluding hydrogens is 210 g/mol. The maximum absolute atomic E-state index is 5.60. The van der Waals surface area contributed by atoms with E-state index in [1.54, 1.807) is 0 Å². The van der Waals surface area contributed by atoms with Crippen LogP contribution >= 0.6 is 11.6 Å². The minimum Gasteiger partial charge on any atom is -0.386 e. The van der Waals surface area contributed by atoms with E-state index in [4.69, 9.17) is 17.3 Å². The molecule has 0 bridgehead atoms. The Morgan fingerprint density at radius 3 is 2.67 bits per heavy atom. The highest BCUT2D eigenvalue weighted by Gasteiger charge is 2.01. The van der Waals surface area contributed by atoms with Gasteiger partial charge in [0, 0.05) is 19.8 Å². The van der Waals surface area contributed by atoms with Crippen LogP contribution in [0.1, 0.15) is 5.56 Å². The average Bonchev–Trinajstić information content (AvgIpc) is 2.20. The first-order valence-electron chi connectivity index (χ1n) is 4.71. The van der Waals surface area contributed by atoms with Crippen molar-refractivity contribution < 1.29 is 0 Å². The first-order valence-corrected chi connectivity index (χ1v) is 5.25. The number of benzene rings is 1. The molecule has 0 amide bonds. The molecule has 0 aliphatic rings. The molecule has 0 heterocycles. The third-order valence-corrected chi connectivity index (χ3v) is 2.38. The molecule has 0 saturated heterocycles. The Morgan fingerprint density at radius 1 is 1.47 bits per heavy atom. The molecule has 1 aromatic carbocycles. The topological polar surface area (TPSA) is 41.6 Å². The van der Waals surface area contributed by atoms with Crippen molar-refractivity contribution in [2.45, 2.75) is 6.92 Å². The molecule has 82 valence electrons. The second-order valence-corrected chi connectivity index (χ2v) is 3.87. The van der Waals surface area contributed by atoms with Gasteiger partial charge in [-0.25, -0.2) is 4.99 Å². The zero-order valence-corrected chi connectivity index (χ0v) is 10.0. The van der Waals surface area contributed by atoms with Gasteiger partial charge >= 0.3 is 0 Å². The van der Waals surface area contributed by atoms with Gasteiger partial charge < -0.3 is 10.6 Å². The summed E-state index contributed by atoms with van der Waals surface area (Å²) in [5.74, 6) is 0.696. The van der Waals surface area contributed by atoms with Crippen LogP contribution in [0.25, 0.3) is 0 Å². The van der Waals surface area contributed by atoms with Crippen molar-refractivity contribution in [1.29, 1.82) is 0 Å². The highest BCUT2D eigenvalue weighted by Crippen LogP contribution is 2.24. The van der Waals surface area contributed by atoms with Gasteiger partial charge in [-0.2, -0.15) is 0 Å². The van der Waals surface area contributed by atoms with Crippen molar-refractivity contribution in [3.05, 3.63) is 23.8 Å². The molecule has 15 heavy (non-hydrogen) atoms. The number of anilines is 1. The van der Waals surface area contributed by atoms with E-state index in [2.05, 4.69) is 4.99 Å². The van der Waals surface area contributed by atoms with E-state index in [0.717, 1.165) is 16.9 Å². The van der Waals surface area contributed by atoms with Crippen molar-refractivity contribution in [3.63, 3.8) is 0 Å². The molecule has 0 aliphatic carbocycles. The summed E-state index contributed by atoms with van der Waals surface area (Å²) in [5.41, 5.74) is 8.67. The summed E-state index contributed by atoms with van der Waals surface area (Å²) in [6.45, 7) is 2.00. The summed E-state index contributed by atoms with van der Waals surface area (Å²) in [7, 11) is 3.98. The van der Waals surface area contributed by atoms with E-state index >= 15 is 0 Å². The third-order valence-electron chi connectivity index (χ3n) is 2.11. The van der Waals surface area contributed by atoms with Gasteiger partial charge in [-0.1, -0.05) is 6.07 Å². The summed E-state index contributed by atoms with van der Waals surface area (Å²) in [6.07, 6.45) is 0. The zero-order chi connectivity index (χ0) is 11.4. The Labute approximate surface area is 95.6 Å². The van der Waals surface area contributed by atoms with Crippen LogP contribution in [0.15, 0.2) is 23.2 Å². The molecule has 0 unspecified atom stereocenters. The van der Waals surface area contributed by atoms with Gasteiger partial charge in [0.15, 0.2) is 0 Å². The molecule has 0 atom stereocenters. The number of nitrogens with two attached hydrogens (primary N) is 1. The molecule has 0 fully saturated rings. The minimum atomic E-state index is 0.256. The Bertz CT molecular complexity index is 372. The number of aliphatic imine (C=N–C) groups is 1. The van der Waals surface area contributed by atoms with Crippen LogP contribution in [0.4, 0.5) is 11.4 Å². The Morgan fingerprint density at radius 2 is 2.13 bits per heavy atom. The monoisotopic (exact) mass is 225 g/mol. The van der Waals surface area contributed by atoms with Gasteiger partial charge in [-0.05, 0) is 24.6 Å². The fourth-order valence-electron chi connectivity index (χ4n) is 1.18. The van der Waals surface area contributed by atoms with E-state index in [-0.39, 0.29) is 5.88 Å². The molecule has 0 saturated carbocycles. The number of alkyl halides is 1. The second kappa shape index (κ2) is 5.03. The molecule has 3 nitrogen and oxygen atoms in total. The average molecular weight is 226 g/mol. The largest absolute Gasteiger partial charge is 0.386 e. The minimum absolute atomic E-state index is 0.256. The second-order valence-electron chi connectivity index (χ2n) is 3.60. The highest BCUT2D eigenvalue weighted by atomic mass is 35.5. The number of hydrogen-bond donors (Lipinski definition) is 1. The number of halogens is 1. The van der Waals surface area contributed by atoms with E-state index < -0.39 is 0 Å². The van der Waals surface area contributed by atoms with Crippen LogP contribution in [0.3, 0.4) is 0 Å². The normalized spacial score (nSPS) is 11.6. The lowest BCUT2D eigenvalue weighted by molar-refractivity contribution is 1.13. The molecule has 0 radical (unpaired) electrons. The molecule has 0 spiro atoms. The van der Waals surface area contributed by atoms with Crippen LogP contribution in [-0.4, -0.2) is 25.8 Å². The number of hydrogen-bond acceptors (Lipinski definition) is 2. The molecular formula is C11H16ClN3. The number of aryl methyl sites for hydroxylation is 1. The van der Waals surface area contributed by atoms with Crippen molar-refractivity contribution in [2.75, 3.05) is 24.9 Å². The van der Waals surface area contributed by atoms with Crippen molar-refractivity contribution in [1.82, 2.24) is 0 Å². The fraction of sp³-hybridized carbons (Fsp3) is 0.364. The molecule has 2 N–H and O–H groups in total. The van der Waals surface area contributed by atoms with Gasteiger partial charge in [0.1, 0.15) is 5.84 Å². The lowest BCUT2D eigenvalue weighted by Gasteiger charge is -2.13. The van der Waals surface area contributed by atoms with Crippen molar-refractivity contribution >= 4 is 28.8 Å². The molecule has 4 heteroatoms. The summed E-state index contributed by atoms with van der Waals surface area (Å²) >= 11 is 5.59. The van der Waals surface area contributed by atoms with E-state index in [9.17, 15) is 0 Å². The SMILES string of the molecule is Cc1ccc(N(C)C)cc1N=C(N)CCl. The van der Waals surface area contributed by atoms with Gasteiger partial charge in [0.05, 0.1) is 11.6 Å². The molecule has 1 aromatic rings. The van der Waals surface area contributed by atoms with Gasteiger partial charge in [0.25, 0.3) is 0 Å². The van der Waals surface area contributed by atoms with Crippen LogP contribution in [-0.2, 0) is 0 Å². The van der Waals surface area contributed by atoms with Crippen LogP contribution in [0.5, 0.6) is 0 Å². The first-order chi connectivity index (χ1) is 7.04. The summed E-state index contributed by atoms with van der Waals surface area (Å²) in [6, 6.07) is 6.07. The standard InChI is InChI=1S/C11H16ClN3/c1-8-4-5-9(15(2)3)6-10(8)14-11(13)7-12/h4-6H,7H2,1-3H3,(H2,13,14). The molecule has 0 aromatic heterocycles.